The molecule has 1 saturated heterocycles. The van der Waals surface area contributed by atoms with Crippen LogP contribution in [-0.4, -0.2) is 112 Å². The number of ketones is 1. The molecule has 0 aromatic heterocycles. The molecule has 7 amide bonds. The summed E-state index contributed by atoms with van der Waals surface area (Å²) in [5.74, 6) is -10.5. The van der Waals surface area contributed by atoms with Crippen LogP contribution in [0.15, 0.2) is 0 Å². The third-order valence-electron chi connectivity index (χ3n) is 12.4. The number of rotatable bonds is 23. The van der Waals surface area contributed by atoms with Crippen LogP contribution in [0, 0.1) is 41.4 Å². The first-order valence-electron chi connectivity index (χ1n) is 26.2. The van der Waals surface area contributed by atoms with E-state index in [2.05, 4.69) is 51.1 Å². The molecule has 1 unspecified atom stereocenters. The lowest BCUT2D eigenvalue weighted by Gasteiger charge is -2.30. The third kappa shape index (κ3) is 26.3. The first kappa shape index (κ1) is 63.9. The molecule has 0 bridgehead atoms. The minimum atomic E-state index is -1.71. The van der Waals surface area contributed by atoms with Gasteiger partial charge in [-0.2, -0.15) is 0 Å². The highest BCUT2D eigenvalue weighted by atomic mass is 16.4. The van der Waals surface area contributed by atoms with Gasteiger partial charge in [-0.25, -0.2) is 0 Å². The normalized spacial score (nSPS) is 24.3. The standard InChI is InChI=1S/C52H91N7O12/c1-29(2)19-17-15-13-14-16-18-20-35-27-42(60)53-36(21-22-43(61)62)47(66)55-39(25-32(7)8)49(68)57-40(26-33(9)10)51(70)59-45(34(11)12)52(71)58-41(28-44(63)64)50(69)56-38(24-31(5)6)48(67)54-37(46(35)65)23-30(3)4/h29-41,45H,13-28H2,1-12H3,(H,53,60)(H,54,67)(H,55,66)(H,56,69)(H,57,68)(H,58,71)(H,59,70)(H,61,62)(H,63,64)/t35?,36-,37-,38+,39-,40+,41-,45-/m0/s1. The van der Waals surface area contributed by atoms with Gasteiger partial charge < -0.3 is 47.4 Å². The highest BCUT2D eigenvalue weighted by Gasteiger charge is 2.38. The van der Waals surface area contributed by atoms with Gasteiger partial charge in [-0.05, 0) is 74.0 Å². The van der Waals surface area contributed by atoms with Crippen LogP contribution in [0.25, 0.3) is 0 Å². The molecule has 1 aliphatic heterocycles. The fourth-order valence-electron chi connectivity index (χ4n) is 8.64. The maximum atomic E-state index is 14.8. The summed E-state index contributed by atoms with van der Waals surface area (Å²) in [6, 6.07) is -9.43. The Bertz CT molecular complexity index is 1770. The van der Waals surface area contributed by atoms with Crippen LogP contribution < -0.4 is 37.2 Å². The molecule has 0 saturated carbocycles. The van der Waals surface area contributed by atoms with Gasteiger partial charge >= 0.3 is 11.9 Å². The number of aliphatic carboxylic acids is 2. The van der Waals surface area contributed by atoms with Crippen LogP contribution >= 0.6 is 0 Å². The minimum Gasteiger partial charge on any atom is -0.481 e. The summed E-state index contributed by atoms with van der Waals surface area (Å²) in [6.45, 7) is 22.1. The van der Waals surface area contributed by atoms with Gasteiger partial charge in [-0.15, -0.1) is 0 Å². The van der Waals surface area contributed by atoms with Gasteiger partial charge in [0.15, 0.2) is 5.78 Å². The molecular weight excluding hydrogens is 915 g/mol. The average Bonchev–Trinajstić information content (AvgIpc) is 3.24. The van der Waals surface area contributed by atoms with Gasteiger partial charge in [0.05, 0.1) is 12.5 Å². The summed E-state index contributed by atoms with van der Waals surface area (Å²) in [5, 5.41) is 38.1. The van der Waals surface area contributed by atoms with E-state index < -0.39 is 132 Å². The van der Waals surface area contributed by atoms with E-state index in [9.17, 15) is 58.2 Å². The van der Waals surface area contributed by atoms with Crippen LogP contribution in [-0.2, 0) is 47.9 Å². The molecule has 1 rings (SSSR count). The van der Waals surface area contributed by atoms with Crippen molar-refractivity contribution in [3.8, 4) is 0 Å². The second kappa shape index (κ2) is 32.8. The van der Waals surface area contributed by atoms with Crippen molar-refractivity contribution >= 4 is 59.1 Å². The number of carbonyl (C=O) groups excluding carboxylic acids is 8. The average molecular weight is 1010 g/mol. The van der Waals surface area contributed by atoms with Crippen LogP contribution in [0.5, 0.6) is 0 Å². The Hall–Kier alpha value is -5.10. The Balaban J connectivity index is 4.02. The molecule has 406 valence electrons. The van der Waals surface area contributed by atoms with E-state index in [0.29, 0.717) is 12.3 Å². The first-order chi connectivity index (χ1) is 33.1. The Morgan fingerprint density at radius 1 is 0.437 bits per heavy atom. The second-order valence-electron chi connectivity index (χ2n) is 22.1. The number of amides is 7. The summed E-state index contributed by atoms with van der Waals surface area (Å²) >= 11 is 0. The van der Waals surface area contributed by atoms with Crippen LogP contribution in [0.3, 0.4) is 0 Å². The molecule has 9 N–H and O–H groups in total. The van der Waals surface area contributed by atoms with Gasteiger partial charge in [0.25, 0.3) is 0 Å². The molecule has 1 aliphatic rings. The summed E-state index contributed by atoms with van der Waals surface area (Å²) < 4.78 is 0. The lowest BCUT2D eigenvalue weighted by Crippen LogP contribution is -2.61. The van der Waals surface area contributed by atoms with Gasteiger partial charge in [0.2, 0.25) is 41.4 Å². The van der Waals surface area contributed by atoms with Crippen molar-refractivity contribution in [1.82, 2.24) is 37.2 Å². The Labute approximate surface area is 422 Å². The highest BCUT2D eigenvalue weighted by molar-refractivity contribution is 5.99. The number of unbranched alkanes of at least 4 members (excludes halogenated alkanes) is 5. The highest BCUT2D eigenvalue weighted by Crippen LogP contribution is 2.23. The summed E-state index contributed by atoms with van der Waals surface area (Å²) in [5.41, 5.74) is 0. The zero-order valence-electron chi connectivity index (χ0n) is 44.9. The summed E-state index contributed by atoms with van der Waals surface area (Å²) in [6.07, 6.45) is 5.02. The molecule has 1 heterocycles. The van der Waals surface area contributed by atoms with Crippen LogP contribution in [0.4, 0.5) is 0 Å². The van der Waals surface area contributed by atoms with Crippen LogP contribution in [0.1, 0.15) is 186 Å². The monoisotopic (exact) mass is 1010 g/mol. The van der Waals surface area contributed by atoms with E-state index in [-0.39, 0.29) is 62.2 Å². The van der Waals surface area contributed by atoms with E-state index in [1.54, 1.807) is 41.5 Å². The summed E-state index contributed by atoms with van der Waals surface area (Å²) in [4.78, 5) is 137. The van der Waals surface area contributed by atoms with Gasteiger partial charge in [-0.3, -0.25) is 47.9 Å². The molecule has 19 nitrogen and oxygen atoms in total. The van der Waals surface area contributed by atoms with Crippen molar-refractivity contribution in [2.45, 2.75) is 228 Å². The number of carbonyl (C=O) groups is 10. The number of nitrogens with one attached hydrogen (secondary N) is 7. The van der Waals surface area contributed by atoms with Gasteiger partial charge in [0, 0.05) is 18.8 Å². The molecule has 0 aromatic rings. The molecule has 71 heavy (non-hydrogen) atoms. The fraction of sp³-hybridized carbons (Fsp3) is 0.808. The number of carboxylic acids is 2. The predicted octanol–water partition coefficient (Wildman–Crippen LogP) is 4.93. The molecule has 0 aliphatic carbocycles. The van der Waals surface area contributed by atoms with E-state index in [4.69, 9.17) is 0 Å². The van der Waals surface area contributed by atoms with Crippen molar-refractivity contribution in [3.63, 3.8) is 0 Å². The maximum Gasteiger partial charge on any atom is 0.305 e. The Kier molecular flexibility index (Phi) is 29.5. The predicted molar refractivity (Wildman–Crippen MR) is 270 cm³/mol. The van der Waals surface area contributed by atoms with E-state index in [1.807, 2.05) is 27.7 Å². The lowest BCUT2D eigenvalue weighted by atomic mass is 9.86. The lowest BCUT2D eigenvalue weighted by molar-refractivity contribution is -0.142. The maximum absolute atomic E-state index is 14.8. The van der Waals surface area contributed by atoms with Crippen molar-refractivity contribution in [3.05, 3.63) is 0 Å². The summed E-state index contributed by atoms with van der Waals surface area (Å²) in [7, 11) is 0. The van der Waals surface area contributed by atoms with E-state index >= 15 is 0 Å². The SMILES string of the molecule is CC(C)CCCCCCCCC1CC(=O)N[C@@H](CCC(=O)O)C(=O)N[C@@H](CC(C)C)C(=O)N[C@H](CC(C)C)C(=O)N[C@@H](C(C)C)C(=O)N[C@@H](CC(=O)O)C(=O)N[C@H](CC(C)C)C(=O)N[C@@H](CC(C)C)C1=O. The second-order valence-corrected chi connectivity index (χ2v) is 22.1. The van der Waals surface area contributed by atoms with Crippen molar-refractivity contribution in [2.24, 2.45) is 41.4 Å². The Morgan fingerprint density at radius 2 is 0.831 bits per heavy atom. The molecule has 0 radical (unpaired) electrons. The smallest absolute Gasteiger partial charge is 0.305 e. The quantitative estimate of drug-likeness (QED) is 0.0617. The van der Waals surface area contributed by atoms with Crippen LogP contribution in [0.2, 0.25) is 0 Å². The fourth-order valence-corrected chi connectivity index (χ4v) is 8.64. The molecule has 0 spiro atoms. The number of hydrogen-bond donors (Lipinski definition) is 9. The molecule has 1 fully saturated rings. The Morgan fingerprint density at radius 3 is 1.27 bits per heavy atom. The topological polar surface area (TPSA) is 295 Å². The van der Waals surface area contributed by atoms with E-state index in [0.717, 1.165) is 38.5 Å². The van der Waals surface area contributed by atoms with Gasteiger partial charge in [-0.1, -0.05) is 128 Å². The molecular formula is C52H91N7O12. The molecule has 8 atom stereocenters. The number of Topliss-reactive ketones (excluding diaryl/α,β-unsaturated/α-hetero) is 1. The third-order valence-corrected chi connectivity index (χ3v) is 12.4. The van der Waals surface area contributed by atoms with Crippen molar-refractivity contribution in [1.29, 1.82) is 0 Å². The molecule has 19 heteroatoms. The van der Waals surface area contributed by atoms with Crippen molar-refractivity contribution < 1.29 is 58.2 Å². The number of carboxylic acid groups (broad SMARTS) is 2. The number of hydrogen-bond acceptors (Lipinski definition) is 10. The van der Waals surface area contributed by atoms with Crippen molar-refractivity contribution in [2.75, 3.05) is 0 Å². The largest absolute Gasteiger partial charge is 0.481 e. The van der Waals surface area contributed by atoms with E-state index in [1.165, 1.54) is 0 Å². The zero-order chi connectivity index (χ0) is 54.1. The van der Waals surface area contributed by atoms with Gasteiger partial charge in [0.1, 0.15) is 36.3 Å². The molecule has 0 aromatic carbocycles. The minimum absolute atomic E-state index is 0.0579. The zero-order valence-corrected chi connectivity index (χ0v) is 44.9. The first-order valence-corrected chi connectivity index (χ1v) is 26.2.